The third kappa shape index (κ3) is 6.50. The van der Waals surface area contributed by atoms with Crippen LogP contribution in [-0.2, 0) is 11.3 Å². The van der Waals surface area contributed by atoms with Crippen LogP contribution >= 0.6 is 0 Å². The summed E-state index contributed by atoms with van der Waals surface area (Å²) < 4.78 is 31.1. The minimum Gasteiger partial charge on any atom is -0.444 e. The molecule has 1 fully saturated rings. The molecule has 3 heterocycles. The zero-order valence-electron chi connectivity index (χ0n) is 23.1. The van der Waals surface area contributed by atoms with Gasteiger partial charge in [0.2, 0.25) is 0 Å². The molecule has 0 unspecified atom stereocenters. The van der Waals surface area contributed by atoms with E-state index in [2.05, 4.69) is 14.9 Å². The van der Waals surface area contributed by atoms with Crippen LogP contribution in [0.5, 0.6) is 0 Å². The Hall–Kier alpha value is -3.79. The maximum atomic E-state index is 13.2. The number of halogens is 2. The van der Waals surface area contributed by atoms with Gasteiger partial charge in [0.25, 0.3) is 12.3 Å². The van der Waals surface area contributed by atoms with Gasteiger partial charge in [0.1, 0.15) is 5.60 Å². The summed E-state index contributed by atoms with van der Waals surface area (Å²) in [5, 5.41) is 0. The summed E-state index contributed by atoms with van der Waals surface area (Å²) in [5.74, 6) is 0.181. The van der Waals surface area contributed by atoms with E-state index in [1.54, 1.807) is 21.9 Å². The van der Waals surface area contributed by atoms with E-state index in [1.165, 1.54) is 12.1 Å². The Morgan fingerprint density at radius 1 is 1.00 bits per heavy atom. The van der Waals surface area contributed by atoms with Crippen molar-refractivity contribution in [1.29, 1.82) is 0 Å². The molecule has 10 heteroatoms. The molecule has 2 aliphatic heterocycles. The molecule has 0 atom stereocenters. The van der Waals surface area contributed by atoms with Crippen LogP contribution in [0.25, 0.3) is 16.6 Å². The number of fused-ring (bicyclic) bond motifs is 1. The number of carbonyl (C=O) groups excluding carboxylic acids is 2. The van der Waals surface area contributed by atoms with E-state index >= 15 is 0 Å². The van der Waals surface area contributed by atoms with Crippen LogP contribution in [0.2, 0.25) is 0 Å². The summed E-state index contributed by atoms with van der Waals surface area (Å²) in [5.41, 5.74) is 4.17. The molecular weight excluding hydrogens is 516 g/mol. The fourth-order valence-electron chi connectivity index (χ4n) is 5.02. The number of piperazine rings is 1. The lowest BCUT2D eigenvalue weighted by Gasteiger charge is -2.34. The van der Waals surface area contributed by atoms with Gasteiger partial charge in [-0.25, -0.2) is 18.6 Å². The van der Waals surface area contributed by atoms with Crippen LogP contribution in [0.4, 0.5) is 13.6 Å². The number of H-pyrrole nitrogens is 1. The summed E-state index contributed by atoms with van der Waals surface area (Å²) in [4.78, 5) is 39.0. The Morgan fingerprint density at radius 3 is 2.35 bits per heavy atom. The van der Waals surface area contributed by atoms with Crippen molar-refractivity contribution in [2.45, 2.75) is 45.8 Å². The quantitative estimate of drug-likeness (QED) is 0.454. The van der Waals surface area contributed by atoms with Gasteiger partial charge in [-0.15, -0.1) is 0 Å². The number of rotatable bonds is 5. The molecule has 212 valence electrons. The Kier molecular flexibility index (Phi) is 7.89. The second-order valence-electron chi connectivity index (χ2n) is 11.3. The summed E-state index contributed by atoms with van der Waals surface area (Å²) in [6, 6.07) is 12.3. The number of hydrogen-bond acceptors (Lipinski definition) is 5. The van der Waals surface area contributed by atoms with Gasteiger partial charge in [-0.2, -0.15) is 0 Å². The summed E-state index contributed by atoms with van der Waals surface area (Å²) in [7, 11) is 0. The molecular formula is C30H35F2N5O3. The number of amides is 2. The largest absolute Gasteiger partial charge is 0.444 e. The number of carbonyl (C=O) groups is 2. The molecule has 8 nitrogen and oxygen atoms in total. The highest BCUT2D eigenvalue weighted by atomic mass is 19.3. The topological polar surface area (TPSA) is 81.8 Å². The summed E-state index contributed by atoms with van der Waals surface area (Å²) >= 11 is 0. The number of aromatic amines is 1. The zero-order valence-corrected chi connectivity index (χ0v) is 23.1. The highest BCUT2D eigenvalue weighted by Gasteiger charge is 2.26. The fraction of sp³-hybridized carbons (Fsp3) is 0.433. The molecule has 2 amide bonds. The standard InChI is InChI=1S/C30H35F2N5O3/c1-30(2,3)40-29(39)37-12-10-21(11-13-37)23-8-9-24-25(18-23)34-27(33-24)28(38)36-16-14-35(15-17-36)19-20-4-6-22(7-5-20)26(31)32/h4-10,18,26H,11-17,19H2,1-3H3,(H,33,34). The molecule has 1 aromatic heterocycles. The third-order valence-corrected chi connectivity index (χ3v) is 7.21. The van der Waals surface area contributed by atoms with Gasteiger partial charge in [-0.05, 0) is 56.0 Å². The van der Waals surface area contributed by atoms with E-state index in [1.807, 2.05) is 45.0 Å². The van der Waals surface area contributed by atoms with Gasteiger partial charge in [-0.3, -0.25) is 9.69 Å². The number of alkyl halides is 2. The first-order valence-corrected chi connectivity index (χ1v) is 13.6. The maximum Gasteiger partial charge on any atom is 0.410 e. The van der Waals surface area contributed by atoms with Crippen LogP contribution in [0.15, 0.2) is 48.5 Å². The van der Waals surface area contributed by atoms with Crippen molar-refractivity contribution in [3.05, 3.63) is 71.1 Å². The van der Waals surface area contributed by atoms with Crippen molar-refractivity contribution >= 4 is 28.6 Å². The van der Waals surface area contributed by atoms with Crippen molar-refractivity contribution < 1.29 is 23.1 Å². The molecule has 3 aromatic rings. The van der Waals surface area contributed by atoms with Crippen LogP contribution in [0, 0.1) is 0 Å². The molecule has 2 aromatic carbocycles. The first kappa shape index (κ1) is 27.8. The maximum absolute atomic E-state index is 13.2. The monoisotopic (exact) mass is 551 g/mol. The smallest absolute Gasteiger partial charge is 0.410 e. The lowest BCUT2D eigenvalue weighted by Crippen LogP contribution is -2.48. The number of benzene rings is 2. The molecule has 0 spiro atoms. The predicted molar refractivity (Wildman–Crippen MR) is 149 cm³/mol. The number of imidazole rings is 1. The van der Waals surface area contributed by atoms with E-state index in [9.17, 15) is 18.4 Å². The normalized spacial score (nSPS) is 16.9. The van der Waals surface area contributed by atoms with Crippen LogP contribution in [0.1, 0.15) is 60.9 Å². The average Bonchev–Trinajstić information content (AvgIpc) is 3.36. The minimum atomic E-state index is -2.46. The number of nitrogens with one attached hydrogen (secondary N) is 1. The van der Waals surface area contributed by atoms with Crippen molar-refractivity contribution in [3.8, 4) is 0 Å². The number of ether oxygens (including phenoxy) is 1. The van der Waals surface area contributed by atoms with Crippen molar-refractivity contribution in [2.24, 2.45) is 0 Å². The second-order valence-corrected chi connectivity index (χ2v) is 11.3. The SMILES string of the molecule is CC(C)(C)OC(=O)N1CC=C(c2ccc3nc(C(=O)N4CCN(Cc5ccc(C(F)F)cc5)CC4)[nH]c3c2)CC1. The van der Waals surface area contributed by atoms with Crippen molar-refractivity contribution in [1.82, 2.24) is 24.7 Å². The molecule has 0 radical (unpaired) electrons. The Balaban J connectivity index is 1.18. The van der Waals surface area contributed by atoms with Crippen LogP contribution < -0.4 is 0 Å². The number of hydrogen-bond donors (Lipinski definition) is 1. The van der Waals surface area contributed by atoms with E-state index in [-0.39, 0.29) is 17.6 Å². The van der Waals surface area contributed by atoms with Crippen molar-refractivity contribution in [3.63, 3.8) is 0 Å². The summed E-state index contributed by atoms with van der Waals surface area (Å²) in [6.45, 7) is 9.83. The predicted octanol–water partition coefficient (Wildman–Crippen LogP) is 5.48. The Bertz CT molecular complexity index is 1400. The van der Waals surface area contributed by atoms with E-state index in [4.69, 9.17) is 4.74 Å². The van der Waals surface area contributed by atoms with E-state index < -0.39 is 12.0 Å². The van der Waals surface area contributed by atoms with Gasteiger partial charge in [0.15, 0.2) is 5.82 Å². The van der Waals surface area contributed by atoms with Gasteiger partial charge >= 0.3 is 6.09 Å². The molecule has 0 bridgehead atoms. The highest BCUT2D eigenvalue weighted by molar-refractivity contribution is 5.94. The second kappa shape index (κ2) is 11.4. The van der Waals surface area contributed by atoms with Gasteiger partial charge in [0, 0.05) is 51.4 Å². The zero-order chi connectivity index (χ0) is 28.4. The Labute approximate surface area is 232 Å². The lowest BCUT2D eigenvalue weighted by atomic mass is 9.99. The lowest BCUT2D eigenvalue weighted by molar-refractivity contribution is 0.0270. The van der Waals surface area contributed by atoms with Crippen molar-refractivity contribution in [2.75, 3.05) is 39.3 Å². The molecule has 1 saturated heterocycles. The molecule has 1 N–H and O–H groups in total. The van der Waals surface area contributed by atoms with Crippen LogP contribution in [-0.4, -0.2) is 81.5 Å². The first-order valence-electron chi connectivity index (χ1n) is 13.6. The van der Waals surface area contributed by atoms with Gasteiger partial charge < -0.3 is 19.5 Å². The molecule has 0 saturated carbocycles. The summed E-state index contributed by atoms with van der Waals surface area (Å²) in [6.07, 6.45) is -0.0106. The molecule has 5 rings (SSSR count). The molecule has 2 aliphatic rings. The minimum absolute atomic E-state index is 0.0254. The molecule has 0 aliphatic carbocycles. The van der Waals surface area contributed by atoms with Gasteiger partial charge in [-0.1, -0.05) is 36.4 Å². The third-order valence-electron chi connectivity index (χ3n) is 7.21. The first-order chi connectivity index (χ1) is 19.1. The van der Waals surface area contributed by atoms with E-state index in [0.29, 0.717) is 58.1 Å². The highest BCUT2D eigenvalue weighted by Crippen LogP contribution is 2.26. The van der Waals surface area contributed by atoms with E-state index in [0.717, 1.165) is 27.7 Å². The average molecular weight is 552 g/mol. The van der Waals surface area contributed by atoms with Gasteiger partial charge in [0.05, 0.1) is 11.0 Å². The van der Waals surface area contributed by atoms with Crippen LogP contribution in [0.3, 0.4) is 0 Å². The number of nitrogens with zero attached hydrogens (tertiary/aromatic N) is 4. The Morgan fingerprint density at radius 2 is 1.73 bits per heavy atom. The number of aromatic nitrogens is 2. The fourth-order valence-corrected chi connectivity index (χ4v) is 5.02. The molecule has 40 heavy (non-hydrogen) atoms.